The molecule has 0 aliphatic heterocycles. The summed E-state index contributed by atoms with van der Waals surface area (Å²) in [6.07, 6.45) is -0.0706. The Morgan fingerprint density at radius 3 is 2.85 bits per heavy atom. The van der Waals surface area contributed by atoms with Crippen molar-refractivity contribution in [3.05, 3.63) is 48.0 Å². The van der Waals surface area contributed by atoms with Crippen molar-refractivity contribution < 1.29 is 19.4 Å². The lowest BCUT2D eigenvalue weighted by Crippen LogP contribution is -2.20. The molecule has 1 amide bonds. The molecule has 0 aliphatic rings. The lowest BCUT2D eigenvalue weighted by atomic mass is 10.1. The number of anilines is 1. The van der Waals surface area contributed by atoms with E-state index in [1.54, 1.807) is 18.2 Å². The third kappa shape index (κ3) is 4.30. The van der Waals surface area contributed by atoms with Gasteiger partial charge in [-0.05, 0) is 36.0 Å². The molecule has 0 bridgehead atoms. The van der Waals surface area contributed by atoms with Gasteiger partial charge in [-0.1, -0.05) is 29.5 Å². The predicted molar refractivity (Wildman–Crippen MR) is 106 cm³/mol. The summed E-state index contributed by atoms with van der Waals surface area (Å²) in [5.74, 6) is 0.597. The minimum Gasteiger partial charge on any atom is -0.493 e. The molecule has 2 N–H and O–H groups in total. The number of carbonyl (C=O) groups excluding carboxylic acids is 1. The second-order valence-corrected chi connectivity index (χ2v) is 6.99. The summed E-state index contributed by atoms with van der Waals surface area (Å²) in [7, 11) is 4.00. The van der Waals surface area contributed by atoms with Gasteiger partial charge in [0.05, 0.1) is 23.4 Å². The largest absolute Gasteiger partial charge is 0.493 e. The molecule has 26 heavy (non-hydrogen) atoms. The number of hydrogen-bond acceptors (Lipinski definition) is 6. The molecular weight excluding hydrogens is 371 g/mol. The van der Waals surface area contributed by atoms with Gasteiger partial charge in [0.25, 0.3) is 5.91 Å². The van der Waals surface area contributed by atoms with E-state index in [-0.39, 0.29) is 12.5 Å². The number of benzene rings is 2. The zero-order chi connectivity index (χ0) is 18.5. The molecule has 3 rings (SSSR count). The second kappa shape index (κ2) is 8.45. The van der Waals surface area contributed by atoms with Gasteiger partial charge >= 0.3 is 0 Å². The highest BCUT2D eigenvalue weighted by Gasteiger charge is 2.13. The SMILES string of the molecule is COc1cc(C(O)CP)ccc1OCC(=O)Nc1nc2ccccc2s1. The van der Waals surface area contributed by atoms with E-state index in [1.165, 1.54) is 18.4 Å². The molecule has 0 radical (unpaired) electrons. The molecule has 2 atom stereocenters. The van der Waals surface area contributed by atoms with Crippen molar-refractivity contribution in [2.45, 2.75) is 6.10 Å². The van der Waals surface area contributed by atoms with Crippen LogP contribution in [0.25, 0.3) is 10.2 Å². The third-order valence-electron chi connectivity index (χ3n) is 3.69. The summed E-state index contributed by atoms with van der Waals surface area (Å²) in [6, 6.07) is 12.8. The molecule has 1 heterocycles. The van der Waals surface area contributed by atoms with Crippen LogP contribution in [0.1, 0.15) is 11.7 Å². The number of aliphatic hydroxyl groups is 1. The molecule has 0 saturated heterocycles. The van der Waals surface area contributed by atoms with Crippen LogP contribution in [0, 0.1) is 0 Å². The van der Waals surface area contributed by atoms with Gasteiger partial charge in [-0.15, -0.1) is 9.24 Å². The van der Waals surface area contributed by atoms with Crippen molar-refractivity contribution in [2.75, 3.05) is 25.2 Å². The van der Waals surface area contributed by atoms with Crippen molar-refractivity contribution in [2.24, 2.45) is 0 Å². The summed E-state index contributed by atoms with van der Waals surface area (Å²) in [5.41, 5.74) is 1.57. The van der Waals surface area contributed by atoms with E-state index >= 15 is 0 Å². The Balaban J connectivity index is 1.63. The summed E-state index contributed by atoms with van der Waals surface area (Å²) in [5, 5.41) is 13.2. The van der Waals surface area contributed by atoms with Crippen LogP contribution in [0.5, 0.6) is 11.5 Å². The van der Waals surface area contributed by atoms with Crippen LogP contribution < -0.4 is 14.8 Å². The number of nitrogens with one attached hydrogen (secondary N) is 1. The topological polar surface area (TPSA) is 80.7 Å². The van der Waals surface area contributed by atoms with Gasteiger partial charge in [0.2, 0.25) is 0 Å². The monoisotopic (exact) mass is 390 g/mol. The average Bonchev–Trinajstić information content (AvgIpc) is 3.07. The fourth-order valence-electron chi connectivity index (χ4n) is 2.37. The smallest absolute Gasteiger partial charge is 0.264 e. The number of thiazole rings is 1. The molecule has 0 aliphatic carbocycles. The number of hydrogen-bond donors (Lipinski definition) is 2. The maximum absolute atomic E-state index is 12.1. The van der Waals surface area contributed by atoms with Crippen LogP contribution in [-0.4, -0.2) is 35.9 Å². The van der Waals surface area contributed by atoms with E-state index in [2.05, 4.69) is 19.5 Å². The summed E-state index contributed by atoms with van der Waals surface area (Å²) >= 11 is 1.41. The van der Waals surface area contributed by atoms with Crippen LogP contribution in [0.3, 0.4) is 0 Å². The number of aliphatic hydroxyl groups excluding tert-OH is 1. The van der Waals surface area contributed by atoms with Crippen LogP contribution in [0.2, 0.25) is 0 Å². The Bertz CT molecular complexity index is 882. The van der Waals surface area contributed by atoms with Crippen LogP contribution in [-0.2, 0) is 4.79 Å². The van der Waals surface area contributed by atoms with E-state index in [0.29, 0.717) is 22.8 Å². The van der Waals surface area contributed by atoms with Gasteiger partial charge in [-0.2, -0.15) is 0 Å². The van der Waals surface area contributed by atoms with E-state index in [0.717, 1.165) is 15.8 Å². The number of amides is 1. The molecule has 2 aromatic carbocycles. The summed E-state index contributed by atoms with van der Waals surface area (Å²) in [4.78, 5) is 16.5. The number of fused-ring (bicyclic) bond motifs is 1. The number of rotatable bonds is 7. The number of nitrogens with zero attached hydrogens (tertiary/aromatic N) is 1. The van der Waals surface area contributed by atoms with E-state index < -0.39 is 6.10 Å². The summed E-state index contributed by atoms with van der Waals surface area (Å²) < 4.78 is 11.9. The summed E-state index contributed by atoms with van der Waals surface area (Å²) in [6.45, 7) is -0.169. The highest BCUT2D eigenvalue weighted by molar-refractivity contribution is 7.22. The van der Waals surface area contributed by atoms with E-state index in [4.69, 9.17) is 9.47 Å². The minimum absolute atomic E-state index is 0.169. The maximum atomic E-state index is 12.1. The Morgan fingerprint density at radius 2 is 2.12 bits per heavy atom. The number of methoxy groups -OCH3 is 1. The molecule has 3 aromatic rings. The quantitative estimate of drug-likeness (QED) is 0.606. The molecule has 1 aromatic heterocycles. The van der Waals surface area contributed by atoms with Gasteiger partial charge in [-0.3, -0.25) is 10.1 Å². The van der Waals surface area contributed by atoms with Crippen molar-refractivity contribution in [3.63, 3.8) is 0 Å². The highest BCUT2D eigenvalue weighted by Crippen LogP contribution is 2.31. The average molecular weight is 390 g/mol. The van der Waals surface area contributed by atoms with Crippen LogP contribution >= 0.6 is 20.6 Å². The first-order valence-corrected chi connectivity index (χ1v) is 9.58. The third-order valence-corrected chi connectivity index (χ3v) is 5.09. The Labute approximate surface area is 157 Å². The van der Waals surface area contributed by atoms with Crippen LogP contribution in [0.15, 0.2) is 42.5 Å². The van der Waals surface area contributed by atoms with Crippen LogP contribution in [0.4, 0.5) is 5.13 Å². The molecule has 136 valence electrons. The van der Waals surface area contributed by atoms with E-state index in [1.807, 2.05) is 24.3 Å². The van der Waals surface area contributed by atoms with Crippen molar-refractivity contribution in [1.82, 2.24) is 4.98 Å². The van der Waals surface area contributed by atoms with Crippen molar-refractivity contribution in [1.29, 1.82) is 0 Å². The van der Waals surface area contributed by atoms with Crippen molar-refractivity contribution in [3.8, 4) is 11.5 Å². The molecule has 2 unspecified atom stereocenters. The Hall–Kier alpha value is -2.21. The lowest BCUT2D eigenvalue weighted by Gasteiger charge is -2.14. The fraction of sp³-hybridized carbons (Fsp3) is 0.222. The minimum atomic E-state index is -0.592. The maximum Gasteiger partial charge on any atom is 0.264 e. The zero-order valence-electron chi connectivity index (χ0n) is 14.1. The number of ether oxygens (including phenoxy) is 2. The van der Waals surface area contributed by atoms with Gasteiger partial charge < -0.3 is 14.6 Å². The second-order valence-electron chi connectivity index (χ2n) is 5.49. The standard InChI is InChI=1S/C18H19N2O4PS/c1-23-15-8-11(13(21)10-25)6-7-14(15)24-9-17(22)20-18-19-12-4-2-3-5-16(12)26-18/h2-8,13,21H,9-10,25H2,1H3,(H,19,20,22). The first-order chi connectivity index (χ1) is 12.6. The Morgan fingerprint density at radius 1 is 1.31 bits per heavy atom. The zero-order valence-corrected chi connectivity index (χ0v) is 16.1. The first-order valence-electron chi connectivity index (χ1n) is 7.95. The number of aromatic nitrogens is 1. The van der Waals surface area contributed by atoms with Gasteiger partial charge in [0.15, 0.2) is 23.2 Å². The molecule has 0 spiro atoms. The normalized spacial score (nSPS) is 12.0. The molecule has 0 saturated carbocycles. The van der Waals surface area contributed by atoms with Gasteiger partial charge in [-0.25, -0.2) is 4.98 Å². The van der Waals surface area contributed by atoms with Crippen molar-refractivity contribution >= 4 is 41.8 Å². The molecular formula is C18H19N2O4PS. The van der Waals surface area contributed by atoms with Gasteiger partial charge in [0, 0.05) is 0 Å². The van der Waals surface area contributed by atoms with Gasteiger partial charge in [0.1, 0.15) is 0 Å². The molecule has 8 heteroatoms. The molecule has 0 fully saturated rings. The first kappa shape index (κ1) is 18.6. The number of para-hydroxylation sites is 1. The number of carbonyl (C=O) groups is 1. The fourth-order valence-corrected chi connectivity index (χ4v) is 3.53. The van der Waals surface area contributed by atoms with E-state index in [9.17, 15) is 9.90 Å². The predicted octanol–water partition coefficient (Wildman–Crippen LogP) is 3.23. The lowest BCUT2D eigenvalue weighted by molar-refractivity contribution is -0.118. The Kier molecular flexibility index (Phi) is 6.04. The highest BCUT2D eigenvalue weighted by atomic mass is 32.1. The molecule has 6 nitrogen and oxygen atoms in total.